The fourth-order valence-electron chi connectivity index (χ4n) is 1.97. The van der Waals surface area contributed by atoms with Crippen molar-refractivity contribution in [3.63, 3.8) is 0 Å². The molecule has 134 valence electrons. The highest BCUT2D eigenvalue weighted by Gasteiger charge is 2.23. The maximum atomic E-state index is 11.3. The van der Waals surface area contributed by atoms with Gasteiger partial charge in [-0.15, -0.1) is 5.10 Å². The van der Waals surface area contributed by atoms with E-state index in [1.807, 2.05) is 20.8 Å². The van der Waals surface area contributed by atoms with E-state index in [4.69, 9.17) is 8.37 Å². The van der Waals surface area contributed by atoms with Crippen LogP contribution in [0.5, 0.6) is 5.88 Å². The van der Waals surface area contributed by atoms with Gasteiger partial charge in [0.2, 0.25) is 0 Å². The second-order valence-electron chi connectivity index (χ2n) is 6.65. The van der Waals surface area contributed by atoms with Crippen LogP contribution in [0.15, 0.2) is 0 Å². The van der Waals surface area contributed by atoms with Gasteiger partial charge in [0.15, 0.2) is 0 Å². The van der Waals surface area contributed by atoms with Gasteiger partial charge in [-0.05, 0) is 18.8 Å². The van der Waals surface area contributed by atoms with E-state index in [9.17, 15) is 16.8 Å². The van der Waals surface area contributed by atoms with Crippen molar-refractivity contribution in [1.82, 2.24) is 9.78 Å². The highest BCUT2D eigenvalue weighted by molar-refractivity contribution is 7.86. The van der Waals surface area contributed by atoms with Crippen LogP contribution in [0.25, 0.3) is 0 Å². The summed E-state index contributed by atoms with van der Waals surface area (Å²) in [6, 6.07) is 0. The van der Waals surface area contributed by atoms with Crippen LogP contribution in [0.1, 0.15) is 32.0 Å². The van der Waals surface area contributed by atoms with Crippen molar-refractivity contribution in [2.75, 3.05) is 19.1 Å². The van der Waals surface area contributed by atoms with Crippen LogP contribution in [-0.4, -0.2) is 45.7 Å². The van der Waals surface area contributed by atoms with Gasteiger partial charge in [-0.1, -0.05) is 20.8 Å². The highest BCUT2D eigenvalue weighted by Crippen LogP contribution is 2.28. The van der Waals surface area contributed by atoms with Crippen LogP contribution < -0.4 is 4.18 Å². The molecule has 0 bridgehead atoms. The number of nitrogens with zero attached hydrogens (tertiary/aromatic N) is 2. The van der Waals surface area contributed by atoms with Gasteiger partial charge in [-0.3, -0.25) is 8.86 Å². The second kappa shape index (κ2) is 6.78. The first-order valence-corrected chi connectivity index (χ1v) is 10.6. The monoisotopic (exact) mass is 368 g/mol. The highest BCUT2D eigenvalue weighted by atomic mass is 32.2. The summed E-state index contributed by atoms with van der Waals surface area (Å²) < 4.78 is 55.9. The van der Waals surface area contributed by atoms with Crippen molar-refractivity contribution in [3.8, 4) is 5.88 Å². The zero-order valence-electron chi connectivity index (χ0n) is 14.3. The molecule has 0 N–H and O–H groups in total. The number of rotatable bonds is 7. The van der Waals surface area contributed by atoms with Gasteiger partial charge >= 0.3 is 10.1 Å². The van der Waals surface area contributed by atoms with E-state index in [0.29, 0.717) is 12.0 Å². The van der Waals surface area contributed by atoms with Crippen molar-refractivity contribution >= 4 is 20.2 Å². The largest absolute Gasteiger partial charge is 0.360 e. The third-order valence-electron chi connectivity index (χ3n) is 2.81. The first-order valence-electron chi connectivity index (χ1n) is 6.98. The van der Waals surface area contributed by atoms with E-state index in [1.54, 1.807) is 6.92 Å². The lowest BCUT2D eigenvalue weighted by Crippen LogP contribution is -2.18. The van der Waals surface area contributed by atoms with Crippen LogP contribution in [0.3, 0.4) is 0 Å². The van der Waals surface area contributed by atoms with Crippen LogP contribution >= 0.6 is 0 Å². The summed E-state index contributed by atoms with van der Waals surface area (Å²) in [5.74, 6) is 0.00565. The molecular weight excluding hydrogens is 344 g/mol. The lowest BCUT2D eigenvalue weighted by Gasteiger charge is -2.19. The van der Waals surface area contributed by atoms with Crippen molar-refractivity contribution < 1.29 is 25.2 Å². The molecular formula is C13H24N2O6S2. The summed E-state index contributed by atoms with van der Waals surface area (Å²) in [5, 5.41) is 4.14. The van der Waals surface area contributed by atoms with Crippen molar-refractivity contribution in [2.45, 2.75) is 40.7 Å². The molecule has 0 atom stereocenters. The molecule has 0 aliphatic carbocycles. The van der Waals surface area contributed by atoms with Crippen LogP contribution in [0, 0.1) is 12.3 Å². The van der Waals surface area contributed by atoms with E-state index < -0.39 is 20.2 Å². The third kappa shape index (κ3) is 7.32. The van der Waals surface area contributed by atoms with Crippen molar-refractivity contribution in [1.29, 1.82) is 0 Å². The Bertz CT molecular complexity index is 757. The molecule has 0 radical (unpaired) electrons. The lowest BCUT2D eigenvalue weighted by atomic mass is 9.89. The molecule has 0 saturated carbocycles. The van der Waals surface area contributed by atoms with E-state index in [1.165, 1.54) is 4.68 Å². The predicted octanol–water partition coefficient (Wildman–Crippen LogP) is 1.09. The summed E-state index contributed by atoms with van der Waals surface area (Å²) in [6.45, 7) is 7.92. The minimum atomic E-state index is -3.69. The molecule has 0 fully saturated rings. The minimum absolute atomic E-state index is 0.00565. The molecule has 0 aliphatic heterocycles. The fourth-order valence-corrected chi connectivity index (χ4v) is 2.79. The summed E-state index contributed by atoms with van der Waals surface area (Å²) in [4.78, 5) is 0. The first kappa shape index (κ1) is 19.9. The molecule has 8 nitrogen and oxygen atoms in total. The number of aromatic nitrogens is 2. The maximum Gasteiger partial charge on any atom is 0.307 e. The zero-order chi connectivity index (χ0) is 18.1. The topological polar surface area (TPSA) is 105 Å². The lowest BCUT2D eigenvalue weighted by molar-refractivity contribution is 0.290. The summed E-state index contributed by atoms with van der Waals surface area (Å²) in [7, 11) is -7.24. The third-order valence-corrected chi connectivity index (χ3v) is 3.86. The maximum absolute atomic E-state index is 11.3. The molecule has 1 aromatic heterocycles. The Morgan fingerprint density at radius 2 is 1.65 bits per heavy atom. The molecule has 0 unspecified atom stereocenters. The minimum Gasteiger partial charge on any atom is -0.360 e. The normalized spacial score (nSPS) is 13.3. The fraction of sp³-hybridized carbons (Fsp3) is 0.769. The van der Waals surface area contributed by atoms with Crippen molar-refractivity contribution in [3.05, 3.63) is 11.3 Å². The van der Waals surface area contributed by atoms with Gasteiger partial charge in [0.05, 0.1) is 25.7 Å². The molecule has 0 aromatic carbocycles. The quantitative estimate of drug-likeness (QED) is 0.664. The molecule has 1 heterocycles. The molecule has 0 saturated heterocycles. The average Bonchev–Trinajstić information content (AvgIpc) is 2.52. The van der Waals surface area contributed by atoms with Gasteiger partial charge in [-0.2, -0.15) is 16.8 Å². The second-order valence-corrected chi connectivity index (χ2v) is 9.87. The van der Waals surface area contributed by atoms with E-state index in [-0.39, 0.29) is 24.4 Å². The average molecular weight is 368 g/mol. The Labute approximate surface area is 138 Å². The van der Waals surface area contributed by atoms with Gasteiger partial charge in [-0.25, -0.2) is 0 Å². The van der Waals surface area contributed by atoms with Gasteiger partial charge in [0, 0.05) is 11.3 Å². The molecule has 23 heavy (non-hydrogen) atoms. The summed E-state index contributed by atoms with van der Waals surface area (Å²) in [6.07, 6.45) is 2.54. The Hall–Kier alpha value is -1.13. The summed E-state index contributed by atoms with van der Waals surface area (Å²) in [5.41, 5.74) is 1.33. The van der Waals surface area contributed by atoms with Gasteiger partial charge in [0.1, 0.15) is 0 Å². The van der Waals surface area contributed by atoms with E-state index in [0.717, 1.165) is 18.2 Å². The molecule has 10 heteroatoms. The van der Waals surface area contributed by atoms with Gasteiger partial charge in [0.25, 0.3) is 16.0 Å². The predicted molar refractivity (Wildman–Crippen MR) is 86.4 cm³/mol. The number of hydrogen-bond acceptors (Lipinski definition) is 7. The van der Waals surface area contributed by atoms with Crippen LogP contribution in [-0.2, 0) is 37.4 Å². The Balaban J connectivity index is 3.12. The molecule has 0 spiro atoms. The number of hydrogen-bond donors (Lipinski definition) is 0. The molecule has 1 aromatic rings. The van der Waals surface area contributed by atoms with Crippen molar-refractivity contribution in [2.24, 2.45) is 5.41 Å². The zero-order valence-corrected chi connectivity index (χ0v) is 15.9. The molecule has 0 amide bonds. The Morgan fingerprint density at radius 3 is 2.09 bits per heavy atom. The standard InChI is InChI=1S/C13H24N2O6S2/c1-10-11(9-13(2,3)4)15(7-8-20-22(5,16)17)14-12(10)21-23(6,18)19/h7-9H2,1-6H3. The van der Waals surface area contributed by atoms with E-state index >= 15 is 0 Å². The molecule has 0 aliphatic rings. The SMILES string of the molecule is Cc1c(OS(C)(=O)=O)nn(CCOS(C)(=O)=O)c1CC(C)(C)C. The molecule has 1 rings (SSSR count). The first-order chi connectivity index (χ1) is 10.2. The Kier molecular flexibility index (Phi) is 5.87. The van der Waals surface area contributed by atoms with E-state index in [2.05, 4.69) is 5.10 Å². The summed E-state index contributed by atoms with van der Waals surface area (Å²) >= 11 is 0. The van der Waals surface area contributed by atoms with Gasteiger partial charge < -0.3 is 4.18 Å². The van der Waals surface area contributed by atoms with Crippen LogP contribution in [0.2, 0.25) is 0 Å². The Morgan fingerprint density at radius 1 is 1.09 bits per heavy atom. The van der Waals surface area contributed by atoms with Crippen LogP contribution in [0.4, 0.5) is 0 Å². The smallest absolute Gasteiger partial charge is 0.307 e.